The summed E-state index contributed by atoms with van der Waals surface area (Å²) < 4.78 is 21.4. The number of carbonyl (C=O) groups is 2. The van der Waals surface area contributed by atoms with E-state index in [1.54, 1.807) is 26.4 Å². The highest BCUT2D eigenvalue weighted by molar-refractivity contribution is 6.05. The molecular weight excluding hydrogens is 388 g/mol. The average molecular weight is 414 g/mol. The molecule has 0 aliphatic carbocycles. The number of hydrogen-bond donors (Lipinski definition) is 1. The lowest BCUT2D eigenvalue weighted by Gasteiger charge is -2.19. The zero-order valence-electron chi connectivity index (χ0n) is 17.8. The number of Topliss-reactive ketones (excluding diaryl/α,β-unsaturated/α-hetero) is 1. The molecule has 0 atom stereocenters. The van der Waals surface area contributed by atoms with Crippen LogP contribution in [0.3, 0.4) is 0 Å². The van der Waals surface area contributed by atoms with Crippen LogP contribution in [0.1, 0.15) is 28.4 Å². The van der Waals surface area contributed by atoms with Crippen LogP contribution in [0.15, 0.2) is 24.3 Å². The van der Waals surface area contributed by atoms with Crippen LogP contribution in [-0.4, -0.2) is 51.2 Å². The van der Waals surface area contributed by atoms with E-state index in [-0.39, 0.29) is 25.0 Å². The largest absolute Gasteiger partial charge is 0.493 e. The molecule has 0 fully saturated rings. The van der Waals surface area contributed by atoms with Crippen molar-refractivity contribution in [1.82, 2.24) is 4.90 Å². The maximum Gasteiger partial charge on any atom is 0.238 e. The number of benzene rings is 2. The molecule has 1 amide bonds. The molecule has 1 aliphatic heterocycles. The van der Waals surface area contributed by atoms with Crippen molar-refractivity contribution in [3.05, 3.63) is 41.0 Å². The Morgan fingerprint density at radius 1 is 1.07 bits per heavy atom. The highest BCUT2D eigenvalue weighted by Gasteiger charge is 2.21. The van der Waals surface area contributed by atoms with Crippen LogP contribution in [0.25, 0.3) is 0 Å². The number of fused-ring (bicyclic) bond motifs is 1. The topological polar surface area (TPSA) is 86.3 Å². The van der Waals surface area contributed by atoms with E-state index >= 15 is 0 Å². The first-order chi connectivity index (χ1) is 14.3. The first-order valence-corrected chi connectivity index (χ1v) is 9.46. The Hall–Kier alpha value is -3.26. The van der Waals surface area contributed by atoms with E-state index in [0.717, 1.165) is 11.1 Å². The highest BCUT2D eigenvalue weighted by atomic mass is 16.7. The molecule has 3 rings (SSSR count). The molecule has 30 heavy (non-hydrogen) atoms. The van der Waals surface area contributed by atoms with Gasteiger partial charge in [-0.3, -0.25) is 14.5 Å². The molecule has 160 valence electrons. The van der Waals surface area contributed by atoms with Crippen molar-refractivity contribution in [1.29, 1.82) is 0 Å². The molecule has 0 bridgehead atoms. The maximum absolute atomic E-state index is 12.6. The van der Waals surface area contributed by atoms with E-state index < -0.39 is 0 Å². The second-order valence-corrected chi connectivity index (χ2v) is 7.16. The molecule has 0 unspecified atom stereocenters. The lowest BCUT2D eigenvalue weighted by Crippen LogP contribution is -2.30. The van der Waals surface area contributed by atoms with Crippen molar-refractivity contribution < 1.29 is 28.5 Å². The highest BCUT2D eigenvalue weighted by Crippen LogP contribution is 2.37. The van der Waals surface area contributed by atoms with Crippen LogP contribution < -0.4 is 24.3 Å². The SMILES string of the molecule is COc1cc(C)c(CN(C)CC(=O)Nc2cc3c(cc2C(C)=O)OCO3)cc1OC. The number of methoxy groups -OCH3 is 2. The Morgan fingerprint density at radius 3 is 2.33 bits per heavy atom. The van der Waals surface area contributed by atoms with Crippen molar-refractivity contribution >= 4 is 17.4 Å². The van der Waals surface area contributed by atoms with E-state index in [4.69, 9.17) is 18.9 Å². The smallest absolute Gasteiger partial charge is 0.238 e. The van der Waals surface area contributed by atoms with Gasteiger partial charge in [-0.25, -0.2) is 0 Å². The summed E-state index contributed by atoms with van der Waals surface area (Å²) in [6.07, 6.45) is 0. The van der Waals surface area contributed by atoms with Gasteiger partial charge in [0.25, 0.3) is 0 Å². The predicted molar refractivity (Wildman–Crippen MR) is 112 cm³/mol. The predicted octanol–water partition coefficient (Wildman–Crippen LogP) is 3.01. The Balaban J connectivity index is 1.69. The molecule has 0 saturated heterocycles. The number of rotatable bonds is 8. The molecule has 1 N–H and O–H groups in total. The Morgan fingerprint density at radius 2 is 1.70 bits per heavy atom. The van der Waals surface area contributed by atoms with E-state index in [9.17, 15) is 9.59 Å². The lowest BCUT2D eigenvalue weighted by atomic mass is 10.1. The molecule has 8 nitrogen and oxygen atoms in total. The van der Waals surface area contributed by atoms with Gasteiger partial charge < -0.3 is 24.3 Å². The second-order valence-electron chi connectivity index (χ2n) is 7.16. The summed E-state index contributed by atoms with van der Waals surface area (Å²) in [4.78, 5) is 26.5. The summed E-state index contributed by atoms with van der Waals surface area (Å²) in [5.41, 5.74) is 2.85. The van der Waals surface area contributed by atoms with Crippen LogP contribution in [-0.2, 0) is 11.3 Å². The summed E-state index contributed by atoms with van der Waals surface area (Å²) in [7, 11) is 5.03. The molecule has 0 saturated carbocycles. The zero-order valence-corrected chi connectivity index (χ0v) is 17.8. The summed E-state index contributed by atoms with van der Waals surface area (Å²) in [6, 6.07) is 7.04. The third kappa shape index (κ3) is 4.65. The minimum atomic E-state index is -0.239. The quantitative estimate of drug-likeness (QED) is 0.665. The van der Waals surface area contributed by atoms with Crippen LogP contribution in [0.2, 0.25) is 0 Å². The van der Waals surface area contributed by atoms with Gasteiger partial charge in [0, 0.05) is 18.2 Å². The molecular formula is C22H26N2O6. The molecule has 8 heteroatoms. The number of amides is 1. The van der Waals surface area contributed by atoms with Crippen molar-refractivity contribution in [2.45, 2.75) is 20.4 Å². The van der Waals surface area contributed by atoms with E-state index in [1.165, 1.54) is 6.92 Å². The molecule has 1 heterocycles. The third-order valence-electron chi connectivity index (χ3n) is 4.86. The molecule has 2 aromatic rings. The Kier molecular flexibility index (Phi) is 6.47. The minimum Gasteiger partial charge on any atom is -0.493 e. The van der Waals surface area contributed by atoms with Crippen LogP contribution in [0, 0.1) is 6.92 Å². The average Bonchev–Trinajstić information content (AvgIpc) is 3.15. The van der Waals surface area contributed by atoms with Crippen LogP contribution in [0.5, 0.6) is 23.0 Å². The van der Waals surface area contributed by atoms with Crippen molar-refractivity contribution in [3.63, 3.8) is 0 Å². The number of aryl methyl sites for hydroxylation is 1. The molecule has 0 aromatic heterocycles. The molecule has 0 spiro atoms. The van der Waals surface area contributed by atoms with Crippen LogP contribution in [0.4, 0.5) is 5.69 Å². The number of anilines is 1. The van der Waals surface area contributed by atoms with Crippen molar-refractivity contribution in [2.75, 3.05) is 39.9 Å². The number of nitrogens with one attached hydrogen (secondary N) is 1. The summed E-state index contributed by atoms with van der Waals surface area (Å²) >= 11 is 0. The van der Waals surface area contributed by atoms with Gasteiger partial charge in [0.15, 0.2) is 28.8 Å². The number of hydrogen-bond acceptors (Lipinski definition) is 7. The lowest BCUT2D eigenvalue weighted by molar-refractivity contribution is -0.117. The number of carbonyl (C=O) groups excluding carboxylic acids is 2. The first-order valence-electron chi connectivity index (χ1n) is 9.46. The zero-order chi connectivity index (χ0) is 21.8. The fourth-order valence-electron chi connectivity index (χ4n) is 3.31. The third-order valence-corrected chi connectivity index (χ3v) is 4.86. The number of ketones is 1. The fraction of sp³-hybridized carbons (Fsp3) is 0.364. The normalized spacial score (nSPS) is 12.1. The Bertz CT molecular complexity index is 973. The van der Waals surface area contributed by atoms with E-state index in [0.29, 0.717) is 40.8 Å². The summed E-state index contributed by atoms with van der Waals surface area (Å²) in [6.45, 7) is 4.20. The summed E-state index contributed by atoms with van der Waals surface area (Å²) in [5.74, 6) is 1.90. The Labute approximate surface area is 175 Å². The molecule has 1 aliphatic rings. The van der Waals surface area contributed by atoms with Crippen molar-refractivity contribution in [3.8, 4) is 23.0 Å². The number of ether oxygens (including phenoxy) is 4. The van der Waals surface area contributed by atoms with Gasteiger partial charge in [0.2, 0.25) is 12.7 Å². The molecule has 0 radical (unpaired) electrons. The van der Waals surface area contributed by atoms with Gasteiger partial charge in [-0.05, 0) is 50.2 Å². The van der Waals surface area contributed by atoms with Gasteiger partial charge in [-0.1, -0.05) is 0 Å². The minimum absolute atomic E-state index is 0.0947. The maximum atomic E-state index is 12.6. The number of nitrogens with zero attached hydrogens (tertiary/aromatic N) is 1. The van der Waals surface area contributed by atoms with Gasteiger partial charge in [-0.2, -0.15) is 0 Å². The van der Waals surface area contributed by atoms with E-state index in [2.05, 4.69) is 5.32 Å². The van der Waals surface area contributed by atoms with Gasteiger partial charge in [0.1, 0.15) is 0 Å². The van der Waals surface area contributed by atoms with Crippen LogP contribution >= 0.6 is 0 Å². The second kappa shape index (κ2) is 9.04. The molecule has 2 aromatic carbocycles. The van der Waals surface area contributed by atoms with Crippen molar-refractivity contribution in [2.24, 2.45) is 0 Å². The van der Waals surface area contributed by atoms with Gasteiger partial charge in [0.05, 0.1) is 26.5 Å². The fourth-order valence-corrected chi connectivity index (χ4v) is 3.31. The van der Waals surface area contributed by atoms with E-state index in [1.807, 2.05) is 31.0 Å². The summed E-state index contributed by atoms with van der Waals surface area (Å²) in [5, 5.41) is 2.81. The standard InChI is InChI=1S/C22H26N2O6/c1-13-6-18(27-4)19(28-5)7-15(13)10-24(3)11-22(26)23-17-9-21-20(29-12-30-21)8-16(17)14(2)25/h6-9H,10-12H2,1-5H3,(H,23,26). The number of likely N-dealkylation sites (N-methyl/N-ethyl adjacent to an activating group) is 1. The van der Waals surface area contributed by atoms with Gasteiger partial charge in [-0.15, -0.1) is 0 Å². The monoisotopic (exact) mass is 414 g/mol. The van der Waals surface area contributed by atoms with Gasteiger partial charge >= 0.3 is 0 Å². The first kappa shape index (κ1) is 21.4.